The lowest BCUT2D eigenvalue weighted by atomic mass is 9.97. The number of alkyl halides is 3. The molecule has 1 aliphatic rings. The molecule has 12 heteroatoms. The zero-order valence-electron chi connectivity index (χ0n) is 17.5. The second kappa shape index (κ2) is 9.45. The van der Waals surface area contributed by atoms with Crippen LogP contribution < -0.4 is 11.3 Å². The minimum absolute atomic E-state index is 0.154. The summed E-state index contributed by atoms with van der Waals surface area (Å²) in [6, 6.07) is 4.49. The zero-order chi connectivity index (χ0) is 23.6. The van der Waals surface area contributed by atoms with Gasteiger partial charge in [-0.05, 0) is 31.9 Å². The third-order valence-corrected chi connectivity index (χ3v) is 6.41. The van der Waals surface area contributed by atoms with E-state index in [1.165, 1.54) is 27.8 Å². The minimum atomic E-state index is -4.44. The maximum absolute atomic E-state index is 12.8. The summed E-state index contributed by atoms with van der Waals surface area (Å²) >= 11 is 0. The maximum atomic E-state index is 12.8. The Labute approximate surface area is 186 Å². The van der Waals surface area contributed by atoms with Crippen molar-refractivity contribution in [1.82, 2.24) is 20.1 Å². The lowest BCUT2D eigenvalue weighted by molar-refractivity contribution is -0.143. The van der Waals surface area contributed by atoms with Crippen LogP contribution in [0.25, 0.3) is 11.3 Å². The lowest BCUT2D eigenvalue weighted by Gasteiger charge is -2.30. The molecular formula is C20H24F3N5O3S. The first-order valence-electron chi connectivity index (χ1n) is 9.79. The molecule has 0 amide bonds. The van der Waals surface area contributed by atoms with Crippen LogP contribution >= 0.6 is 10.9 Å². The summed E-state index contributed by atoms with van der Waals surface area (Å²) in [5, 5.41) is 24.9. The molecule has 1 saturated heterocycles. The van der Waals surface area contributed by atoms with E-state index in [9.17, 15) is 23.1 Å². The topological polar surface area (TPSA) is 117 Å². The Morgan fingerprint density at radius 3 is 2.34 bits per heavy atom. The van der Waals surface area contributed by atoms with Crippen molar-refractivity contribution in [2.75, 3.05) is 13.1 Å². The van der Waals surface area contributed by atoms with Gasteiger partial charge in [-0.2, -0.15) is 18.3 Å². The monoisotopic (exact) mass is 471 g/mol. The summed E-state index contributed by atoms with van der Waals surface area (Å²) in [6.45, 7) is 2.77. The van der Waals surface area contributed by atoms with Crippen LogP contribution in [0.3, 0.4) is 0 Å². The standard InChI is InChI=1S/C20H24F3N5O3S/c1-11(32-19(25-24)28-9-7-13(8-10-28)18(30)31)15-17(29)16(27(2)26-15)12-3-5-14(6-4-12)20(21,22)23/h3-6,13,25,29H,7-10,24H2,1-2H3,(H,30,31). The fraction of sp³-hybridized carbons (Fsp3) is 0.400. The SMILES string of the molecule is CC(=S=C(NN)N1CCC(C(=O)O)CC1)c1nn(C)c(-c2ccc(C(F)(F)F)cc2)c1O. The van der Waals surface area contributed by atoms with Crippen LogP contribution in [0.15, 0.2) is 24.3 Å². The number of likely N-dealkylation sites (tertiary alicyclic amines) is 1. The summed E-state index contributed by atoms with van der Waals surface area (Å²) in [5.41, 5.74) is 2.81. The number of hydrogen-bond acceptors (Lipinski definition) is 4. The number of carboxylic acid groups (broad SMARTS) is 1. The molecule has 0 unspecified atom stereocenters. The first-order valence-corrected chi connectivity index (χ1v) is 10.6. The van der Waals surface area contributed by atoms with Crippen LogP contribution in [-0.4, -0.2) is 53.9 Å². The predicted molar refractivity (Wildman–Crippen MR) is 117 cm³/mol. The molecule has 8 nitrogen and oxygen atoms in total. The Balaban J connectivity index is 1.92. The Morgan fingerprint density at radius 2 is 1.84 bits per heavy atom. The van der Waals surface area contributed by atoms with Crippen molar-refractivity contribution in [3.63, 3.8) is 0 Å². The molecule has 0 radical (unpaired) electrons. The van der Waals surface area contributed by atoms with E-state index in [1.54, 1.807) is 14.0 Å². The van der Waals surface area contributed by atoms with Gasteiger partial charge in [0.2, 0.25) is 0 Å². The van der Waals surface area contributed by atoms with Crippen molar-refractivity contribution >= 4 is 26.9 Å². The van der Waals surface area contributed by atoms with Gasteiger partial charge in [0, 0.05) is 30.6 Å². The normalized spacial score (nSPS) is 15.6. The Bertz CT molecular complexity index is 1070. The molecule has 3 rings (SSSR count). The molecule has 5 N–H and O–H groups in total. The molecule has 2 aromatic rings. The molecule has 174 valence electrons. The second-order valence-electron chi connectivity index (χ2n) is 7.45. The molecule has 0 aliphatic carbocycles. The number of hydrazine groups is 1. The van der Waals surface area contributed by atoms with E-state index in [0.29, 0.717) is 47.2 Å². The molecule has 2 heterocycles. The number of aromatic hydroxyl groups is 1. The number of benzene rings is 1. The minimum Gasteiger partial charge on any atom is -0.504 e. The van der Waals surface area contributed by atoms with E-state index in [4.69, 9.17) is 10.9 Å². The summed E-state index contributed by atoms with van der Waals surface area (Å²) in [5.74, 6) is 4.33. The van der Waals surface area contributed by atoms with Crippen LogP contribution in [-0.2, 0) is 18.0 Å². The van der Waals surface area contributed by atoms with Crippen molar-refractivity contribution in [3.05, 3.63) is 35.5 Å². The largest absolute Gasteiger partial charge is 0.504 e. The molecule has 0 atom stereocenters. The van der Waals surface area contributed by atoms with Gasteiger partial charge in [-0.25, -0.2) is 5.43 Å². The summed E-state index contributed by atoms with van der Waals surface area (Å²) in [6.07, 6.45) is -3.46. The average Bonchev–Trinajstić information content (AvgIpc) is 3.05. The van der Waals surface area contributed by atoms with Crippen LogP contribution in [0.1, 0.15) is 31.0 Å². The molecular weight excluding hydrogens is 447 g/mol. The number of hydrogen-bond donors (Lipinski definition) is 4. The molecule has 0 bridgehead atoms. The molecule has 1 aromatic carbocycles. The number of nitrogens with one attached hydrogen (secondary N) is 1. The first-order chi connectivity index (χ1) is 15.0. The van der Waals surface area contributed by atoms with Crippen LogP contribution in [0.2, 0.25) is 0 Å². The van der Waals surface area contributed by atoms with Crippen LogP contribution in [0, 0.1) is 5.92 Å². The van der Waals surface area contributed by atoms with E-state index in [-0.39, 0.29) is 17.4 Å². The second-order valence-corrected chi connectivity index (χ2v) is 8.66. The molecule has 0 spiro atoms. The van der Waals surface area contributed by atoms with Gasteiger partial charge in [-0.15, -0.1) is 10.9 Å². The number of aromatic nitrogens is 2. The van der Waals surface area contributed by atoms with E-state index in [1.807, 2.05) is 4.90 Å². The number of carbonyl (C=O) groups is 1. The van der Waals surface area contributed by atoms with Crippen molar-refractivity contribution in [2.45, 2.75) is 25.9 Å². The van der Waals surface area contributed by atoms with Crippen molar-refractivity contribution < 1.29 is 28.2 Å². The van der Waals surface area contributed by atoms with Crippen molar-refractivity contribution in [1.29, 1.82) is 0 Å². The molecule has 1 fully saturated rings. The predicted octanol–water partition coefficient (Wildman–Crippen LogP) is 2.43. The number of piperidine rings is 1. The average molecular weight is 472 g/mol. The van der Waals surface area contributed by atoms with Gasteiger partial charge in [0.15, 0.2) is 5.75 Å². The van der Waals surface area contributed by atoms with E-state index >= 15 is 0 Å². The third-order valence-electron chi connectivity index (χ3n) is 5.35. The Morgan fingerprint density at radius 1 is 1.25 bits per heavy atom. The van der Waals surface area contributed by atoms with E-state index < -0.39 is 17.7 Å². The van der Waals surface area contributed by atoms with Gasteiger partial charge in [0.25, 0.3) is 0 Å². The lowest BCUT2D eigenvalue weighted by Crippen LogP contribution is -2.47. The van der Waals surface area contributed by atoms with Gasteiger partial charge in [0.05, 0.1) is 11.5 Å². The Kier molecular flexibility index (Phi) is 7.08. The summed E-state index contributed by atoms with van der Waals surface area (Å²) in [4.78, 5) is 13.7. The molecule has 32 heavy (non-hydrogen) atoms. The highest BCUT2D eigenvalue weighted by atomic mass is 32.1. The maximum Gasteiger partial charge on any atom is 0.416 e. The fourth-order valence-electron chi connectivity index (χ4n) is 3.60. The summed E-state index contributed by atoms with van der Waals surface area (Å²) < 4.78 is 39.9. The van der Waals surface area contributed by atoms with Crippen LogP contribution in [0.5, 0.6) is 5.75 Å². The van der Waals surface area contributed by atoms with Crippen molar-refractivity contribution in [2.24, 2.45) is 18.8 Å². The highest BCUT2D eigenvalue weighted by Gasteiger charge is 2.30. The highest BCUT2D eigenvalue weighted by molar-refractivity contribution is 7.98. The fourth-order valence-corrected chi connectivity index (χ4v) is 4.49. The first kappa shape index (κ1) is 24.0. The smallest absolute Gasteiger partial charge is 0.416 e. The van der Waals surface area contributed by atoms with Gasteiger partial charge < -0.3 is 10.2 Å². The molecule has 1 aromatic heterocycles. The Hall–Kier alpha value is -2.67. The van der Waals surface area contributed by atoms with E-state index in [0.717, 1.165) is 12.1 Å². The van der Waals surface area contributed by atoms with Gasteiger partial charge in [0.1, 0.15) is 16.5 Å². The van der Waals surface area contributed by atoms with E-state index in [2.05, 4.69) is 10.5 Å². The quantitative estimate of drug-likeness (QED) is 0.235. The molecule has 0 saturated carbocycles. The number of nitrogens with zero attached hydrogens (tertiary/aromatic N) is 3. The number of aliphatic carboxylic acids is 1. The number of halogens is 3. The van der Waals surface area contributed by atoms with Crippen molar-refractivity contribution in [3.8, 4) is 17.0 Å². The van der Waals surface area contributed by atoms with Crippen LogP contribution in [0.4, 0.5) is 13.2 Å². The highest BCUT2D eigenvalue weighted by Crippen LogP contribution is 2.35. The van der Waals surface area contributed by atoms with Gasteiger partial charge >= 0.3 is 12.1 Å². The van der Waals surface area contributed by atoms with Gasteiger partial charge in [-0.1, -0.05) is 12.1 Å². The number of nitrogens with two attached hydrogens (primary N) is 1. The number of carboxylic acids is 1. The molecule has 1 aliphatic heterocycles. The summed E-state index contributed by atoms with van der Waals surface area (Å²) in [7, 11) is 2.84. The number of aryl methyl sites for hydroxylation is 1. The third kappa shape index (κ3) is 5.04. The number of rotatable bonds is 3. The zero-order valence-corrected chi connectivity index (χ0v) is 18.3. The van der Waals surface area contributed by atoms with Gasteiger partial charge in [-0.3, -0.25) is 20.2 Å².